The van der Waals surface area contributed by atoms with Crippen molar-refractivity contribution in [2.45, 2.75) is 18.8 Å². The normalized spacial score (nSPS) is 26.1. The quantitative estimate of drug-likeness (QED) is 0.731. The number of hydrogen-bond acceptors (Lipinski definition) is 1. The van der Waals surface area contributed by atoms with Gasteiger partial charge in [-0.05, 0) is 41.0 Å². The molecule has 0 radical (unpaired) electrons. The summed E-state index contributed by atoms with van der Waals surface area (Å²) in [6.07, 6.45) is 1.80. The van der Waals surface area contributed by atoms with E-state index in [-0.39, 0.29) is 11.7 Å². The standard InChI is InChI=1S/C15H13ClFN/c1-9-14(10-6-7-13(16)18-8-10)15(9)11-4-2-3-5-12(11)17/h2-9,14-15H,1H3/t9-,14+,15+/m0/s1. The molecule has 1 heterocycles. The van der Waals surface area contributed by atoms with E-state index in [4.69, 9.17) is 11.6 Å². The maximum Gasteiger partial charge on any atom is 0.129 e. The van der Waals surface area contributed by atoms with Crippen LogP contribution in [0.5, 0.6) is 0 Å². The number of rotatable bonds is 2. The topological polar surface area (TPSA) is 12.9 Å². The van der Waals surface area contributed by atoms with Crippen molar-refractivity contribution in [3.05, 3.63) is 64.7 Å². The molecular formula is C15H13ClFN. The summed E-state index contributed by atoms with van der Waals surface area (Å²) in [5.41, 5.74) is 1.95. The molecule has 3 atom stereocenters. The Hall–Kier alpha value is -1.41. The highest BCUT2D eigenvalue weighted by Crippen LogP contribution is 2.60. The molecule has 3 rings (SSSR count). The van der Waals surface area contributed by atoms with E-state index < -0.39 is 0 Å². The first-order chi connectivity index (χ1) is 8.68. The van der Waals surface area contributed by atoms with E-state index in [1.165, 1.54) is 6.07 Å². The Morgan fingerprint density at radius 1 is 1.11 bits per heavy atom. The lowest BCUT2D eigenvalue weighted by atomic mass is 10.1. The second-order valence-electron chi connectivity index (χ2n) is 4.85. The number of hydrogen-bond donors (Lipinski definition) is 0. The molecule has 0 N–H and O–H groups in total. The van der Waals surface area contributed by atoms with Gasteiger partial charge in [0.25, 0.3) is 0 Å². The average Bonchev–Trinajstić information content (AvgIpc) is 3.02. The number of nitrogens with zero attached hydrogens (tertiary/aromatic N) is 1. The molecule has 0 spiro atoms. The van der Waals surface area contributed by atoms with Gasteiger partial charge in [-0.15, -0.1) is 0 Å². The number of halogens is 2. The van der Waals surface area contributed by atoms with Crippen LogP contribution in [0.15, 0.2) is 42.6 Å². The largest absolute Gasteiger partial charge is 0.244 e. The van der Waals surface area contributed by atoms with Crippen molar-refractivity contribution in [1.29, 1.82) is 0 Å². The third-order valence-electron chi connectivity index (χ3n) is 3.78. The molecular weight excluding hydrogens is 249 g/mol. The zero-order chi connectivity index (χ0) is 12.7. The molecule has 1 aromatic heterocycles. The molecule has 0 unspecified atom stereocenters. The van der Waals surface area contributed by atoms with Crippen LogP contribution in [0.2, 0.25) is 5.15 Å². The van der Waals surface area contributed by atoms with Crippen molar-refractivity contribution in [1.82, 2.24) is 4.98 Å². The van der Waals surface area contributed by atoms with E-state index in [0.717, 1.165) is 11.1 Å². The van der Waals surface area contributed by atoms with Gasteiger partial charge in [-0.3, -0.25) is 0 Å². The highest BCUT2D eigenvalue weighted by Gasteiger charge is 2.49. The number of benzene rings is 1. The lowest BCUT2D eigenvalue weighted by Crippen LogP contribution is -1.89. The summed E-state index contributed by atoms with van der Waals surface area (Å²) in [5.74, 6) is 0.949. The molecule has 2 aromatic rings. The molecule has 1 saturated carbocycles. The Kier molecular flexibility index (Phi) is 2.83. The summed E-state index contributed by atoms with van der Waals surface area (Å²) in [5, 5.41) is 0.495. The molecule has 0 bridgehead atoms. The molecule has 92 valence electrons. The zero-order valence-corrected chi connectivity index (χ0v) is 10.7. The SMILES string of the molecule is C[C@H]1[C@H](c2ccc(Cl)nc2)[C@H]1c1ccccc1F. The molecule has 18 heavy (non-hydrogen) atoms. The summed E-state index contributed by atoms with van der Waals surface area (Å²) < 4.78 is 13.8. The fourth-order valence-electron chi connectivity index (χ4n) is 2.78. The third-order valence-corrected chi connectivity index (χ3v) is 4.00. The van der Waals surface area contributed by atoms with Crippen LogP contribution in [0.4, 0.5) is 4.39 Å². The van der Waals surface area contributed by atoms with Gasteiger partial charge in [0.2, 0.25) is 0 Å². The first kappa shape index (κ1) is 11.7. The third kappa shape index (κ3) is 1.91. The summed E-state index contributed by atoms with van der Waals surface area (Å²) in [6.45, 7) is 2.15. The van der Waals surface area contributed by atoms with Gasteiger partial charge < -0.3 is 0 Å². The Morgan fingerprint density at radius 2 is 1.89 bits per heavy atom. The Bertz CT molecular complexity index is 567. The Balaban J connectivity index is 1.90. The Labute approximate surface area is 111 Å². The van der Waals surface area contributed by atoms with Crippen LogP contribution >= 0.6 is 11.6 Å². The van der Waals surface area contributed by atoms with Crippen LogP contribution in [0.25, 0.3) is 0 Å². The summed E-state index contributed by atoms with van der Waals surface area (Å²) >= 11 is 5.78. The molecule has 1 aromatic carbocycles. The maximum absolute atomic E-state index is 13.8. The molecule has 0 aliphatic heterocycles. The van der Waals surface area contributed by atoms with Crippen molar-refractivity contribution in [3.8, 4) is 0 Å². The van der Waals surface area contributed by atoms with Crippen LogP contribution in [0.3, 0.4) is 0 Å². The van der Waals surface area contributed by atoms with Crippen LogP contribution in [0.1, 0.15) is 29.9 Å². The van der Waals surface area contributed by atoms with E-state index in [1.54, 1.807) is 18.3 Å². The molecule has 1 aliphatic carbocycles. The minimum Gasteiger partial charge on any atom is -0.244 e. The fourth-order valence-corrected chi connectivity index (χ4v) is 2.89. The smallest absolute Gasteiger partial charge is 0.129 e. The molecule has 0 amide bonds. The van der Waals surface area contributed by atoms with E-state index in [9.17, 15) is 4.39 Å². The highest BCUT2D eigenvalue weighted by molar-refractivity contribution is 6.29. The molecule has 1 fully saturated rings. The first-order valence-corrected chi connectivity index (χ1v) is 6.42. The van der Waals surface area contributed by atoms with Crippen molar-refractivity contribution in [3.63, 3.8) is 0 Å². The van der Waals surface area contributed by atoms with Crippen molar-refractivity contribution < 1.29 is 4.39 Å². The van der Waals surface area contributed by atoms with E-state index >= 15 is 0 Å². The minimum absolute atomic E-state index is 0.112. The molecule has 1 aliphatic rings. The highest BCUT2D eigenvalue weighted by atomic mass is 35.5. The first-order valence-electron chi connectivity index (χ1n) is 6.04. The summed E-state index contributed by atoms with van der Waals surface area (Å²) in [7, 11) is 0. The van der Waals surface area contributed by atoms with Crippen LogP contribution in [0, 0.1) is 11.7 Å². The summed E-state index contributed by atoms with van der Waals surface area (Å²) in [6, 6.07) is 10.8. The molecule has 1 nitrogen and oxygen atoms in total. The monoisotopic (exact) mass is 261 g/mol. The predicted octanol–water partition coefficient (Wildman–Crippen LogP) is 4.39. The minimum atomic E-state index is -0.112. The van der Waals surface area contributed by atoms with Gasteiger partial charge in [0.05, 0.1) is 0 Å². The van der Waals surface area contributed by atoms with E-state index in [2.05, 4.69) is 11.9 Å². The van der Waals surface area contributed by atoms with Gasteiger partial charge in [0.1, 0.15) is 11.0 Å². The molecule has 0 saturated heterocycles. The zero-order valence-electron chi connectivity index (χ0n) is 9.98. The second-order valence-corrected chi connectivity index (χ2v) is 5.23. The lowest BCUT2D eigenvalue weighted by Gasteiger charge is -2.02. The summed E-state index contributed by atoms with van der Waals surface area (Å²) in [4.78, 5) is 4.10. The van der Waals surface area contributed by atoms with Gasteiger partial charge in [-0.25, -0.2) is 9.37 Å². The van der Waals surface area contributed by atoms with Crippen molar-refractivity contribution in [2.24, 2.45) is 5.92 Å². The lowest BCUT2D eigenvalue weighted by molar-refractivity contribution is 0.607. The predicted molar refractivity (Wildman–Crippen MR) is 70.3 cm³/mol. The molecule has 3 heteroatoms. The Morgan fingerprint density at radius 3 is 2.56 bits per heavy atom. The van der Waals surface area contributed by atoms with Gasteiger partial charge in [-0.2, -0.15) is 0 Å². The van der Waals surface area contributed by atoms with Gasteiger partial charge in [-0.1, -0.05) is 42.8 Å². The van der Waals surface area contributed by atoms with Crippen LogP contribution < -0.4 is 0 Å². The maximum atomic E-state index is 13.8. The fraction of sp³-hybridized carbons (Fsp3) is 0.267. The number of aromatic nitrogens is 1. The second kappa shape index (κ2) is 4.36. The number of pyridine rings is 1. The van der Waals surface area contributed by atoms with Crippen molar-refractivity contribution in [2.75, 3.05) is 0 Å². The average molecular weight is 262 g/mol. The van der Waals surface area contributed by atoms with Gasteiger partial charge in [0.15, 0.2) is 0 Å². The van der Waals surface area contributed by atoms with Crippen LogP contribution in [-0.2, 0) is 0 Å². The van der Waals surface area contributed by atoms with Gasteiger partial charge in [0, 0.05) is 6.20 Å². The van der Waals surface area contributed by atoms with Crippen molar-refractivity contribution >= 4 is 11.6 Å². The van der Waals surface area contributed by atoms with E-state index in [1.807, 2.05) is 18.2 Å². The van der Waals surface area contributed by atoms with Crippen LogP contribution in [-0.4, -0.2) is 4.98 Å². The van der Waals surface area contributed by atoms with E-state index in [0.29, 0.717) is 17.0 Å². The van der Waals surface area contributed by atoms with Gasteiger partial charge >= 0.3 is 0 Å².